The maximum atomic E-state index is 12.0. The van der Waals surface area contributed by atoms with Gasteiger partial charge in [-0.1, -0.05) is 6.07 Å². The van der Waals surface area contributed by atoms with Crippen molar-refractivity contribution in [3.05, 3.63) is 23.8 Å². The highest BCUT2D eigenvalue weighted by molar-refractivity contribution is 5.91. The molecule has 0 spiro atoms. The van der Waals surface area contributed by atoms with Crippen molar-refractivity contribution in [3.8, 4) is 5.75 Å². The summed E-state index contributed by atoms with van der Waals surface area (Å²) in [6.07, 6.45) is 0.854. The van der Waals surface area contributed by atoms with Crippen molar-refractivity contribution < 1.29 is 14.3 Å². The van der Waals surface area contributed by atoms with E-state index in [1.807, 2.05) is 18.2 Å². The van der Waals surface area contributed by atoms with E-state index >= 15 is 0 Å². The maximum absolute atomic E-state index is 12.0. The Labute approximate surface area is 117 Å². The minimum absolute atomic E-state index is 0.0798. The van der Waals surface area contributed by atoms with Crippen LogP contribution < -0.4 is 21.1 Å². The van der Waals surface area contributed by atoms with Gasteiger partial charge in [0.1, 0.15) is 5.75 Å². The highest BCUT2D eigenvalue weighted by Crippen LogP contribution is 2.31. The Balaban J connectivity index is 2.02. The van der Waals surface area contributed by atoms with Gasteiger partial charge in [-0.3, -0.25) is 4.79 Å². The van der Waals surface area contributed by atoms with Crippen LogP contribution in [0.3, 0.4) is 0 Å². The Morgan fingerprint density at radius 3 is 2.85 bits per heavy atom. The molecule has 3 amide bonds. The molecule has 0 aromatic heterocycles. The van der Waals surface area contributed by atoms with Gasteiger partial charge < -0.3 is 21.1 Å². The number of rotatable bonds is 4. The summed E-state index contributed by atoms with van der Waals surface area (Å²) in [5.41, 5.74) is 6.19. The third-order valence-corrected chi connectivity index (χ3v) is 3.06. The summed E-state index contributed by atoms with van der Waals surface area (Å²) in [5, 5.41) is 5.53. The smallest absolute Gasteiger partial charge is 0.319 e. The van der Waals surface area contributed by atoms with Gasteiger partial charge in [0.15, 0.2) is 0 Å². The second kappa shape index (κ2) is 5.40. The quantitative estimate of drug-likeness (QED) is 0.776. The number of nitrogens with two attached hydrogens (primary N) is 1. The molecule has 4 N–H and O–H groups in total. The van der Waals surface area contributed by atoms with E-state index in [0.717, 1.165) is 23.4 Å². The highest BCUT2D eigenvalue weighted by atomic mass is 16.5. The van der Waals surface area contributed by atoms with Crippen molar-refractivity contribution in [1.29, 1.82) is 0 Å². The number of amides is 3. The average Bonchev–Trinajstić information content (AvgIpc) is 2.74. The number of carbonyl (C=O) groups is 2. The third-order valence-electron chi connectivity index (χ3n) is 3.06. The molecule has 1 aliphatic rings. The molecule has 0 fully saturated rings. The normalized spacial score (nSPS) is 13.3. The summed E-state index contributed by atoms with van der Waals surface area (Å²) in [5.74, 6) is 0.350. The SMILES string of the molecule is CC(C)(CC(N)=O)NC(=O)Nc1cccc2c1CCO2. The van der Waals surface area contributed by atoms with Gasteiger partial charge in [0.25, 0.3) is 0 Å². The molecule has 0 bridgehead atoms. The fourth-order valence-electron chi connectivity index (χ4n) is 2.28. The van der Waals surface area contributed by atoms with Crippen molar-refractivity contribution >= 4 is 17.6 Å². The van der Waals surface area contributed by atoms with Gasteiger partial charge in [-0.25, -0.2) is 4.79 Å². The first-order valence-electron chi connectivity index (χ1n) is 6.49. The van der Waals surface area contributed by atoms with Gasteiger partial charge in [0.05, 0.1) is 6.61 Å². The Bertz CT molecular complexity index is 540. The van der Waals surface area contributed by atoms with Crippen molar-refractivity contribution in [2.45, 2.75) is 32.2 Å². The summed E-state index contributed by atoms with van der Waals surface area (Å²) in [4.78, 5) is 22.9. The topological polar surface area (TPSA) is 93.5 Å². The summed E-state index contributed by atoms with van der Waals surface area (Å²) in [6.45, 7) is 4.12. The monoisotopic (exact) mass is 277 g/mol. The zero-order valence-corrected chi connectivity index (χ0v) is 11.7. The van der Waals surface area contributed by atoms with Crippen molar-refractivity contribution in [2.24, 2.45) is 5.73 Å². The first-order valence-corrected chi connectivity index (χ1v) is 6.49. The number of fused-ring (bicyclic) bond motifs is 1. The summed E-state index contributed by atoms with van der Waals surface area (Å²) >= 11 is 0. The molecule has 108 valence electrons. The number of anilines is 1. The van der Waals surface area contributed by atoms with Gasteiger partial charge in [0.2, 0.25) is 5.91 Å². The number of nitrogens with one attached hydrogen (secondary N) is 2. The van der Waals surface area contributed by atoms with Crippen molar-refractivity contribution in [1.82, 2.24) is 5.32 Å². The highest BCUT2D eigenvalue weighted by Gasteiger charge is 2.24. The van der Waals surface area contributed by atoms with Crippen LogP contribution in [0.4, 0.5) is 10.5 Å². The van der Waals surface area contributed by atoms with Gasteiger partial charge >= 0.3 is 6.03 Å². The molecule has 0 saturated heterocycles. The van der Waals surface area contributed by atoms with E-state index in [4.69, 9.17) is 10.5 Å². The van der Waals surface area contributed by atoms with Gasteiger partial charge in [-0.05, 0) is 26.0 Å². The molecule has 6 nitrogen and oxygen atoms in total. The Morgan fingerprint density at radius 2 is 2.15 bits per heavy atom. The molecule has 0 unspecified atom stereocenters. The lowest BCUT2D eigenvalue weighted by Gasteiger charge is -2.25. The molecular weight excluding hydrogens is 258 g/mol. The summed E-state index contributed by atoms with van der Waals surface area (Å²) in [7, 11) is 0. The Morgan fingerprint density at radius 1 is 1.40 bits per heavy atom. The molecule has 1 aromatic carbocycles. The van der Waals surface area contributed by atoms with Crippen LogP contribution in [0.2, 0.25) is 0 Å². The first-order chi connectivity index (χ1) is 9.37. The van der Waals surface area contributed by atoms with E-state index in [9.17, 15) is 9.59 Å². The van der Waals surface area contributed by atoms with Gasteiger partial charge in [0, 0.05) is 29.6 Å². The summed E-state index contributed by atoms with van der Waals surface area (Å²) < 4.78 is 5.44. The lowest BCUT2D eigenvalue weighted by atomic mass is 10.0. The lowest BCUT2D eigenvalue weighted by molar-refractivity contribution is -0.119. The van der Waals surface area contributed by atoms with Crippen molar-refractivity contribution in [3.63, 3.8) is 0 Å². The van der Waals surface area contributed by atoms with Crippen LogP contribution in [-0.4, -0.2) is 24.1 Å². The third kappa shape index (κ3) is 3.40. The van der Waals surface area contributed by atoms with Crippen LogP contribution >= 0.6 is 0 Å². The minimum atomic E-state index is -0.690. The number of carbonyl (C=O) groups excluding carboxylic acids is 2. The lowest BCUT2D eigenvalue weighted by Crippen LogP contribution is -2.47. The van der Waals surface area contributed by atoms with Crippen molar-refractivity contribution in [2.75, 3.05) is 11.9 Å². The zero-order valence-electron chi connectivity index (χ0n) is 11.7. The fraction of sp³-hybridized carbons (Fsp3) is 0.429. The van der Waals surface area contributed by atoms with E-state index in [0.29, 0.717) is 6.61 Å². The van der Waals surface area contributed by atoms with Crippen LogP contribution in [-0.2, 0) is 11.2 Å². The second-order valence-electron chi connectivity index (χ2n) is 5.49. The summed E-state index contributed by atoms with van der Waals surface area (Å²) in [6, 6.07) is 5.17. The number of primary amides is 1. The van der Waals surface area contributed by atoms with Gasteiger partial charge in [-0.2, -0.15) is 0 Å². The molecule has 0 radical (unpaired) electrons. The number of benzene rings is 1. The number of urea groups is 1. The van der Waals surface area contributed by atoms with E-state index in [-0.39, 0.29) is 12.5 Å². The van der Waals surface area contributed by atoms with E-state index in [2.05, 4.69) is 10.6 Å². The molecule has 0 atom stereocenters. The molecular formula is C14H19N3O3. The number of hydrogen-bond acceptors (Lipinski definition) is 3. The fourth-order valence-corrected chi connectivity index (χ4v) is 2.28. The molecule has 0 saturated carbocycles. The van der Waals surface area contributed by atoms with Crippen LogP contribution in [0.1, 0.15) is 25.8 Å². The Hall–Kier alpha value is -2.24. The molecule has 1 aromatic rings. The van der Waals surface area contributed by atoms with Crippen LogP contribution in [0, 0.1) is 0 Å². The zero-order chi connectivity index (χ0) is 14.8. The molecule has 1 aliphatic heterocycles. The number of ether oxygens (including phenoxy) is 1. The maximum Gasteiger partial charge on any atom is 0.319 e. The second-order valence-corrected chi connectivity index (χ2v) is 5.49. The van der Waals surface area contributed by atoms with E-state index in [1.165, 1.54) is 0 Å². The van der Waals surface area contributed by atoms with Gasteiger partial charge in [-0.15, -0.1) is 0 Å². The van der Waals surface area contributed by atoms with E-state index < -0.39 is 11.4 Å². The predicted octanol–water partition coefficient (Wildman–Crippen LogP) is 1.40. The Kier molecular flexibility index (Phi) is 3.83. The largest absolute Gasteiger partial charge is 0.493 e. The molecule has 0 aliphatic carbocycles. The molecule has 6 heteroatoms. The molecule has 1 heterocycles. The van der Waals surface area contributed by atoms with Crippen LogP contribution in [0.25, 0.3) is 0 Å². The standard InChI is InChI=1S/C14H19N3O3/c1-14(2,8-12(15)18)17-13(19)16-10-4-3-5-11-9(10)6-7-20-11/h3-5H,6-8H2,1-2H3,(H2,15,18)(H2,16,17,19). The molecule has 2 rings (SSSR count). The van der Waals surface area contributed by atoms with Crippen LogP contribution in [0.5, 0.6) is 5.75 Å². The van der Waals surface area contributed by atoms with Crippen LogP contribution in [0.15, 0.2) is 18.2 Å². The minimum Gasteiger partial charge on any atom is -0.493 e. The first kappa shape index (κ1) is 14.2. The average molecular weight is 277 g/mol. The van der Waals surface area contributed by atoms with E-state index in [1.54, 1.807) is 13.8 Å². The molecule has 20 heavy (non-hydrogen) atoms. The number of hydrogen-bond donors (Lipinski definition) is 3. The predicted molar refractivity (Wildman–Crippen MR) is 75.7 cm³/mol.